The van der Waals surface area contributed by atoms with Crippen molar-refractivity contribution in [3.8, 4) is 45.0 Å². The lowest BCUT2D eigenvalue weighted by molar-refractivity contribution is -0.128. The number of pyridine rings is 4. The number of rotatable bonds is 12. The molecule has 8 heterocycles. The van der Waals surface area contributed by atoms with E-state index in [1.54, 1.807) is 0 Å². The van der Waals surface area contributed by atoms with Gasteiger partial charge < -0.3 is 37.2 Å². The van der Waals surface area contributed by atoms with Gasteiger partial charge in [-0.25, -0.2) is 19.9 Å². The summed E-state index contributed by atoms with van der Waals surface area (Å²) < 4.78 is 577. The quantitative estimate of drug-likeness (QED) is 0.117. The molecule has 8 aromatic heterocycles. The van der Waals surface area contributed by atoms with Crippen molar-refractivity contribution in [2.75, 3.05) is 55.8 Å². The van der Waals surface area contributed by atoms with E-state index in [1.807, 2.05) is 0 Å². The molecule has 0 aliphatic carbocycles. The first kappa shape index (κ1) is 20.3. The summed E-state index contributed by atoms with van der Waals surface area (Å²) in [5, 5.41) is 0. The molecule has 12 rings (SSSR count). The van der Waals surface area contributed by atoms with Crippen molar-refractivity contribution in [1.82, 2.24) is 57.1 Å². The monoisotopic (exact) mass is 1300 g/mol. The molecule has 12 aromatic rings. The Hall–Kier alpha value is -10.5. The zero-order valence-electron chi connectivity index (χ0n) is 119. The Morgan fingerprint density at radius 2 is 0.522 bits per heavy atom. The molecule has 0 spiro atoms. The number of nitrogens with zero attached hydrogens (tertiary/aromatic N) is 12. The second-order valence-corrected chi connectivity index (χ2v) is 17.9. The highest BCUT2D eigenvalue weighted by atomic mass is 16.2. The van der Waals surface area contributed by atoms with E-state index in [0.29, 0.717) is 13.2 Å². The first-order chi connectivity index (χ1) is 73.2. The van der Waals surface area contributed by atoms with Crippen LogP contribution in [0.15, 0.2) is 170 Å². The summed E-state index contributed by atoms with van der Waals surface area (Å²) in [4.78, 5) is 66.8. The normalized spacial score (nSPS) is 24.6. The van der Waals surface area contributed by atoms with E-state index in [0.717, 1.165) is 0 Å². The van der Waals surface area contributed by atoms with Crippen LogP contribution in [-0.4, -0.2) is 137 Å². The molecule has 0 unspecified atom stereocenters. The third-order valence-corrected chi connectivity index (χ3v) is 11.2. The van der Waals surface area contributed by atoms with Crippen LogP contribution in [0.2, 0.25) is 0 Å². The second kappa shape index (κ2) is 28.6. The molecular weight excluding hydrogens is 1140 g/mol. The van der Waals surface area contributed by atoms with Crippen LogP contribution in [0.5, 0.6) is 0 Å². The van der Waals surface area contributed by atoms with Crippen LogP contribution in [-0.2, 0) is 44.7 Å². The zero-order valence-corrected chi connectivity index (χ0v) is 47.0. The van der Waals surface area contributed by atoms with E-state index in [-0.39, 0.29) is 26.7 Å². The number of carbonyl (C=O) groups excluding carboxylic acids is 4. The number of fused-ring (bicyclic) bond motifs is 4. The maximum Gasteiger partial charge on any atom is 0.228 e. The van der Waals surface area contributed by atoms with Gasteiger partial charge in [0.25, 0.3) is 0 Å². The summed E-state index contributed by atoms with van der Waals surface area (Å²) in [6.07, 6.45) is -19.0. The summed E-state index contributed by atoms with van der Waals surface area (Å²) in [5.41, 5.74) is -19.6. The molecule has 0 saturated carbocycles. The van der Waals surface area contributed by atoms with Crippen LogP contribution in [0.4, 0.5) is 0 Å². The van der Waals surface area contributed by atoms with E-state index in [2.05, 4.69) is 19.9 Å². The third-order valence-electron chi connectivity index (χ3n) is 11.2. The number of carbonyl (C=O) groups is 4. The fourth-order valence-corrected chi connectivity index (χ4v) is 7.30. The Labute approximate surface area is 641 Å². The third kappa shape index (κ3) is 15.6. The molecule has 4 aromatic carbocycles. The Balaban J connectivity index is 0.000000241. The van der Waals surface area contributed by atoms with Gasteiger partial charge in [0, 0.05) is 163 Å². The van der Waals surface area contributed by atoms with E-state index >= 15 is 0 Å². The molecule has 0 aliphatic heterocycles. The van der Waals surface area contributed by atoms with Crippen molar-refractivity contribution in [1.29, 1.82) is 0 Å². The standard InChI is InChI=1S/4C19H21N3O/c4*1-13-5-8-15(9-6-13)19-16(11-18(23)21(3)4)22-12-14(2)7-10-17(22)20-19/h4*5-10,12H,11H2,1-4H3/i1D3,2D3,3D3,4D3,5D,6D,7D,8D,9D,10D,11D2,12D;2D3,3D3,4D3,5D,6D,7D,8D,9D,10D,11D2,12D;1D3,3D3,4D3,5D,6D,7D,8D,9D,10D,11D2,12D;3D3,4D3,5D,6D,7D,8D,9D,10D,11D2,12D. The van der Waals surface area contributed by atoms with E-state index in [4.69, 9.17) is 98.7 Å². The van der Waals surface area contributed by atoms with Gasteiger partial charge in [0.15, 0.2) is 0 Å². The molecule has 0 N–H and O–H groups in total. The predicted octanol–water partition coefficient (Wildman–Crippen LogP) is 13.0. The van der Waals surface area contributed by atoms with E-state index in [9.17, 15) is 19.2 Å². The number of benzene rings is 4. The summed E-state index contributed by atoms with van der Waals surface area (Å²) in [6, 6.07) is -20.9. The summed E-state index contributed by atoms with van der Waals surface area (Å²) >= 11 is 0. The van der Waals surface area contributed by atoms with E-state index in [1.165, 1.54) is 27.7 Å². The van der Waals surface area contributed by atoms with Gasteiger partial charge in [-0.2, -0.15) is 0 Å². The Morgan fingerprint density at radius 1 is 0.315 bits per heavy atom. The van der Waals surface area contributed by atoms with Crippen LogP contribution in [0.3, 0.4) is 0 Å². The molecule has 4 amide bonds. The average Bonchev–Trinajstić information content (AvgIpc) is 1.55. The maximum atomic E-state index is 13.5. The Bertz CT molecular complexity index is 8030. The lowest BCUT2D eigenvalue weighted by Gasteiger charge is -2.11. The molecule has 0 aliphatic rings. The summed E-state index contributed by atoms with van der Waals surface area (Å²) in [5.74, 6) is -8.79. The van der Waals surface area contributed by atoms with Crippen molar-refractivity contribution >= 4 is 46.2 Å². The highest BCUT2D eigenvalue weighted by Crippen LogP contribution is 2.31. The fraction of sp³-hybridized carbons (Fsp3) is 0.263. The predicted molar refractivity (Wildman–Crippen MR) is 370 cm³/mol. The molecule has 0 saturated heterocycles. The number of likely N-dealkylation sites (N-methyl/N-ethyl adjacent to an activating group) is 4. The number of aromatic nitrogens is 8. The maximum absolute atomic E-state index is 13.5. The average molecular weight is 1300 g/mol. The highest BCUT2D eigenvalue weighted by molar-refractivity contribution is 5.84. The summed E-state index contributed by atoms with van der Waals surface area (Å²) in [6.45, 7) is -37.7. The van der Waals surface area contributed by atoms with Crippen LogP contribution < -0.4 is 0 Å². The Morgan fingerprint density at radius 3 is 0.750 bits per heavy atom. The van der Waals surface area contributed by atoms with Gasteiger partial charge in [-0.05, 0) is 102 Å². The number of imidazole rings is 4. The molecule has 0 bridgehead atoms. The molecule has 0 atom stereocenters. The molecule has 472 valence electrons. The van der Waals surface area contributed by atoms with Gasteiger partial charge in [0.1, 0.15) is 22.6 Å². The van der Waals surface area contributed by atoms with Gasteiger partial charge in [-0.1, -0.05) is 143 Å². The number of amides is 4. The fourth-order valence-electron chi connectivity index (χ4n) is 7.30. The molecule has 0 fully saturated rings. The first-order valence-corrected chi connectivity index (χ1v) is 25.0. The van der Waals surface area contributed by atoms with Gasteiger partial charge in [-0.15, -0.1) is 0 Å². The van der Waals surface area contributed by atoms with Crippen LogP contribution in [0, 0.1) is 55.1 Å². The topological polar surface area (TPSA) is 150 Å². The number of hydrogen-bond acceptors (Lipinski definition) is 8. The SMILES string of the molecule is [2H]c1c([2H])c(-c2nc3c([2H])c([2H])c(C([2H])([2H])[2H])c([2H])n3c2C([2H])([2H])C(=O)N(C([2H])([2H])[2H])C([2H])([2H])[2H])c([2H])c([2H])c1C.[2H]c1c([2H])c(-c2nc3c([2H])c([2H])c(C)c([2H])n3c2C([2H])([2H])C(=O)N(C([2H])([2H])[2H])C([2H])([2H])[2H])c([2H])c([2H])c1C.[2H]c1c([2H])c(C([2H])([2H])[2H])c([2H])c([2H])c1-c1nc2c([2H])c([2H])c(C([2H])([2H])[2H])c([2H])n2c1C([2H])([2H])C(=O)N(C([2H])([2H])[2H])C([2H])([2H])[2H].[2H]c1c([2H])c(C([2H])([2H])[2H])c([2H])c([2H])c1-c1nc2c([2H])c([2H])c(C)c([2H])n2c1C([2H])([2H])C(=O)N(C([2H])([2H])[2H])C([2H])([2H])[2H]. The van der Waals surface area contributed by atoms with Crippen molar-refractivity contribution in [2.24, 2.45) is 0 Å². The molecule has 16 heteroatoms. The first-order valence-electron chi connectivity index (χ1n) is 61.0. The van der Waals surface area contributed by atoms with Crippen molar-refractivity contribution in [2.45, 2.75) is 80.6 Å². The smallest absolute Gasteiger partial charge is 0.228 e. The molecule has 92 heavy (non-hydrogen) atoms. The minimum atomic E-state index is -3.94. The van der Waals surface area contributed by atoms with Crippen LogP contribution in [0.1, 0.15) is 166 Å². The van der Waals surface area contributed by atoms with Gasteiger partial charge in [0.2, 0.25) is 23.6 Å². The van der Waals surface area contributed by atoms with Crippen LogP contribution in [0.25, 0.3) is 67.6 Å². The Kier molecular flexibility index (Phi) is 6.29. The molecule has 16 nitrogen and oxygen atoms in total. The van der Waals surface area contributed by atoms with Crippen LogP contribution >= 0.6 is 0 Å². The van der Waals surface area contributed by atoms with Crippen molar-refractivity contribution < 1.29 is 118 Å². The largest absolute Gasteiger partial charge is 0.348 e. The lowest BCUT2D eigenvalue weighted by atomic mass is 10.1. The molecular formula is C76H84N12O4. The second-order valence-electron chi connectivity index (χ2n) is 17.9. The zero-order chi connectivity index (χ0) is 128. The summed E-state index contributed by atoms with van der Waals surface area (Å²) in [7, 11) is 0. The highest BCUT2D eigenvalue weighted by Gasteiger charge is 2.23. The van der Waals surface area contributed by atoms with Gasteiger partial charge >= 0.3 is 0 Å². The van der Waals surface area contributed by atoms with Crippen molar-refractivity contribution in [3.05, 3.63) is 237 Å². The minimum absolute atomic E-state index is 0.0595. The number of hydrogen-bond donors (Lipinski definition) is 0. The van der Waals surface area contributed by atoms with Gasteiger partial charge in [0.05, 0.1) is 109 Å². The molecule has 0 radical (unpaired) electrons. The minimum Gasteiger partial charge on any atom is -0.348 e. The van der Waals surface area contributed by atoms with Crippen molar-refractivity contribution in [3.63, 3.8) is 0 Å². The van der Waals surface area contributed by atoms with E-state index < -0.39 is 434 Å². The lowest BCUT2D eigenvalue weighted by Crippen LogP contribution is -2.24. The van der Waals surface area contributed by atoms with Gasteiger partial charge in [-0.3, -0.25) is 19.2 Å².